The van der Waals surface area contributed by atoms with E-state index < -0.39 is 0 Å². The first-order valence-corrected chi connectivity index (χ1v) is 8.26. The molecule has 1 aromatic heterocycles. The van der Waals surface area contributed by atoms with E-state index in [0.717, 1.165) is 34.9 Å². The Hall–Kier alpha value is -2.30. The van der Waals surface area contributed by atoms with Crippen LogP contribution in [0.1, 0.15) is 5.56 Å². The van der Waals surface area contributed by atoms with E-state index in [4.69, 9.17) is 0 Å². The van der Waals surface area contributed by atoms with E-state index in [1.165, 1.54) is 17.7 Å². The number of aromatic nitrogens is 1. The predicted molar refractivity (Wildman–Crippen MR) is 94.8 cm³/mol. The topological polar surface area (TPSA) is 24.9 Å². The predicted octanol–water partition coefficient (Wildman–Crippen LogP) is 4.89. The van der Waals surface area contributed by atoms with Gasteiger partial charge in [0.2, 0.25) is 0 Å². The molecule has 1 heterocycles. The molecule has 0 amide bonds. The van der Waals surface area contributed by atoms with E-state index >= 15 is 0 Å². The van der Waals surface area contributed by atoms with E-state index in [1.807, 2.05) is 11.5 Å². The lowest BCUT2D eigenvalue weighted by molar-refractivity contribution is 0.628. The summed E-state index contributed by atoms with van der Waals surface area (Å²) in [5.41, 5.74) is 4.19. The van der Waals surface area contributed by atoms with Gasteiger partial charge in [0, 0.05) is 29.6 Å². The third kappa shape index (κ3) is 3.92. The number of thiazole rings is 1. The molecule has 1 N–H and O–H groups in total. The van der Waals surface area contributed by atoms with Crippen LogP contribution in [-0.4, -0.2) is 11.5 Å². The molecule has 116 valence electrons. The molecule has 2 nitrogen and oxygen atoms in total. The van der Waals surface area contributed by atoms with Gasteiger partial charge in [0.25, 0.3) is 0 Å². The van der Waals surface area contributed by atoms with Crippen molar-refractivity contribution in [3.8, 4) is 21.8 Å². The van der Waals surface area contributed by atoms with E-state index in [1.54, 1.807) is 23.5 Å². The summed E-state index contributed by atoms with van der Waals surface area (Å²) in [4.78, 5) is 4.65. The number of halogens is 1. The van der Waals surface area contributed by atoms with Crippen LogP contribution in [0.25, 0.3) is 21.8 Å². The van der Waals surface area contributed by atoms with Crippen LogP contribution in [0.15, 0.2) is 66.6 Å². The summed E-state index contributed by atoms with van der Waals surface area (Å²) in [6, 6.07) is 14.8. The van der Waals surface area contributed by atoms with Gasteiger partial charge in [-0.2, -0.15) is 0 Å². The minimum Gasteiger partial charge on any atom is -0.309 e. The lowest BCUT2D eigenvalue weighted by Gasteiger charge is -2.03. The van der Waals surface area contributed by atoms with Gasteiger partial charge >= 0.3 is 0 Å². The van der Waals surface area contributed by atoms with E-state index in [-0.39, 0.29) is 5.82 Å². The van der Waals surface area contributed by atoms with Crippen molar-refractivity contribution in [2.75, 3.05) is 6.54 Å². The van der Waals surface area contributed by atoms with Crippen LogP contribution in [-0.2, 0) is 6.54 Å². The van der Waals surface area contributed by atoms with Crippen LogP contribution in [0.3, 0.4) is 0 Å². The monoisotopic (exact) mass is 324 g/mol. The number of nitrogens with one attached hydrogen (secondary N) is 1. The first-order chi connectivity index (χ1) is 11.3. The molecule has 23 heavy (non-hydrogen) atoms. The second kappa shape index (κ2) is 7.31. The molecule has 0 saturated carbocycles. The Bertz CT molecular complexity index is 776. The molecule has 0 aliphatic heterocycles. The van der Waals surface area contributed by atoms with Gasteiger partial charge in [-0.25, -0.2) is 9.37 Å². The second-order valence-corrected chi connectivity index (χ2v) is 6.02. The van der Waals surface area contributed by atoms with Crippen molar-refractivity contribution < 1.29 is 4.39 Å². The Labute approximate surface area is 139 Å². The van der Waals surface area contributed by atoms with Crippen LogP contribution in [0.4, 0.5) is 4.39 Å². The molecule has 0 fully saturated rings. The summed E-state index contributed by atoms with van der Waals surface area (Å²) in [6.07, 6.45) is 1.85. The number of benzene rings is 2. The van der Waals surface area contributed by atoms with E-state index in [0.29, 0.717) is 0 Å². The molecule has 0 atom stereocenters. The highest BCUT2D eigenvalue weighted by molar-refractivity contribution is 7.13. The molecule has 0 radical (unpaired) electrons. The fourth-order valence-electron chi connectivity index (χ4n) is 2.24. The zero-order valence-corrected chi connectivity index (χ0v) is 13.4. The SMILES string of the molecule is C=CCNCc1ccc(-c2csc(-c3ccc(F)cc3)n2)cc1. The van der Waals surface area contributed by atoms with Crippen LogP contribution < -0.4 is 5.32 Å². The van der Waals surface area contributed by atoms with Crippen LogP contribution in [0.2, 0.25) is 0 Å². The Morgan fingerprint density at radius 3 is 2.43 bits per heavy atom. The molecule has 0 spiro atoms. The molecule has 0 unspecified atom stereocenters. The van der Waals surface area contributed by atoms with Gasteiger partial charge in [0.1, 0.15) is 10.8 Å². The molecular weight excluding hydrogens is 307 g/mol. The minimum absolute atomic E-state index is 0.230. The smallest absolute Gasteiger partial charge is 0.124 e. The van der Waals surface area contributed by atoms with Crippen molar-refractivity contribution >= 4 is 11.3 Å². The van der Waals surface area contributed by atoms with Crippen molar-refractivity contribution in [3.05, 3.63) is 77.9 Å². The van der Waals surface area contributed by atoms with Gasteiger partial charge in [-0.1, -0.05) is 30.3 Å². The fraction of sp³-hybridized carbons (Fsp3) is 0.105. The van der Waals surface area contributed by atoms with E-state index in [2.05, 4.69) is 41.1 Å². The summed E-state index contributed by atoms with van der Waals surface area (Å²) in [5.74, 6) is -0.230. The first kappa shape index (κ1) is 15.6. The first-order valence-electron chi connectivity index (χ1n) is 7.38. The van der Waals surface area contributed by atoms with Crippen molar-refractivity contribution in [3.63, 3.8) is 0 Å². The normalized spacial score (nSPS) is 10.7. The molecule has 0 saturated heterocycles. The average molecular weight is 324 g/mol. The highest BCUT2D eigenvalue weighted by Gasteiger charge is 2.07. The maximum atomic E-state index is 13.0. The minimum atomic E-state index is -0.230. The number of nitrogens with zero attached hydrogens (tertiary/aromatic N) is 1. The van der Waals surface area contributed by atoms with Crippen molar-refractivity contribution in [2.45, 2.75) is 6.54 Å². The van der Waals surface area contributed by atoms with Crippen LogP contribution in [0.5, 0.6) is 0 Å². The van der Waals surface area contributed by atoms with Gasteiger partial charge in [0.05, 0.1) is 5.69 Å². The van der Waals surface area contributed by atoms with Crippen molar-refractivity contribution in [1.29, 1.82) is 0 Å². The summed E-state index contributed by atoms with van der Waals surface area (Å²) in [5, 5.41) is 6.21. The summed E-state index contributed by atoms with van der Waals surface area (Å²) < 4.78 is 13.0. The van der Waals surface area contributed by atoms with Gasteiger partial charge in [-0.15, -0.1) is 17.9 Å². The lowest BCUT2D eigenvalue weighted by atomic mass is 10.1. The number of rotatable bonds is 6. The van der Waals surface area contributed by atoms with Gasteiger partial charge in [-0.3, -0.25) is 0 Å². The third-order valence-corrected chi connectivity index (χ3v) is 4.35. The molecule has 0 aliphatic carbocycles. The zero-order chi connectivity index (χ0) is 16.1. The summed E-state index contributed by atoms with van der Waals surface area (Å²) >= 11 is 1.57. The Morgan fingerprint density at radius 1 is 1.04 bits per heavy atom. The molecule has 4 heteroatoms. The number of hydrogen-bond acceptors (Lipinski definition) is 3. The molecular formula is C19H17FN2S. The van der Waals surface area contributed by atoms with Gasteiger partial charge < -0.3 is 5.32 Å². The zero-order valence-electron chi connectivity index (χ0n) is 12.6. The van der Waals surface area contributed by atoms with Gasteiger partial charge in [0.15, 0.2) is 0 Å². The lowest BCUT2D eigenvalue weighted by Crippen LogP contribution is -2.12. The standard InChI is InChI=1S/C19H17FN2S/c1-2-11-21-12-14-3-5-15(6-4-14)18-13-23-19(22-18)16-7-9-17(20)10-8-16/h2-10,13,21H,1,11-12H2. The molecule has 3 aromatic rings. The number of hydrogen-bond donors (Lipinski definition) is 1. The Kier molecular flexibility index (Phi) is 4.95. The van der Waals surface area contributed by atoms with Crippen LogP contribution in [0, 0.1) is 5.82 Å². The van der Waals surface area contributed by atoms with E-state index in [9.17, 15) is 4.39 Å². The Morgan fingerprint density at radius 2 is 1.74 bits per heavy atom. The summed E-state index contributed by atoms with van der Waals surface area (Å²) in [7, 11) is 0. The fourth-order valence-corrected chi connectivity index (χ4v) is 3.08. The van der Waals surface area contributed by atoms with Crippen molar-refractivity contribution in [1.82, 2.24) is 10.3 Å². The highest BCUT2D eigenvalue weighted by Crippen LogP contribution is 2.29. The molecule has 3 rings (SSSR count). The molecule has 0 aliphatic rings. The van der Waals surface area contributed by atoms with Crippen molar-refractivity contribution in [2.24, 2.45) is 0 Å². The molecule has 2 aromatic carbocycles. The largest absolute Gasteiger partial charge is 0.309 e. The third-order valence-electron chi connectivity index (χ3n) is 3.46. The Balaban J connectivity index is 1.74. The average Bonchev–Trinajstić information content (AvgIpc) is 3.06. The quantitative estimate of drug-likeness (QED) is 0.516. The second-order valence-electron chi connectivity index (χ2n) is 5.16. The van der Waals surface area contributed by atoms with Crippen LogP contribution >= 0.6 is 11.3 Å². The maximum Gasteiger partial charge on any atom is 0.124 e. The summed E-state index contributed by atoms with van der Waals surface area (Å²) in [6.45, 7) is 5.31. The maximum absolute atomic E-state index is 13.0. The van der Waals surface area contributed by atoms with Gasteiger partial charge in [-0.05, 0) is 29.8 Å². The highest BCUT2D eigenvalue weighted by atomic mass is 32.1. The molecule has 0 bridgehead atoms.